The van der Waals surface area contributed by atoms with Gasteiger partial charge in [-0.05, 0) is 12.5 Å². The molecule has 2 aliphatic heterocycles. The topological polar surface area (TPSA) is 87.9 Å². The van der Waals surface area contributed by atoms with Crippen LogP contribution in [-0.4, -0.2) is 72.3 Å². The zero-order valence-electron chi connectivity index (χ0n) is 16.6. The third-order valence-electron chi connectivity index (χ3n) is 5.66. The van der Waals surface area contributed by atoms with Crippen LogP contribution < -0.4 is 9.80 Å². The molecule has 2 saturated heterocycles. The first-order chi connectivity index (χ1) is 14.1. The van der Waals surface area contributed by atoms with Crippen LogP contribution in [0.5, 0.6) is 0 Å². The summed E-state index contributed by atoms with van der Waals surface area (Å²) in [5.41, 5.74) is 0.952. The van der Waals surface area contributed by atoms with E-state index >= 15 is 0 Å². The van der Waals surface area contributed by atoms with E-state index in [4.69, 9.17) is 9.72 Å². The maximum absolute atomic E-state index is 11.3. The van der Waals surface area contributed by atoms with E-state index in [0.717, 1.165) is 49.9 Å². The fraction of sp³-hybridized carbons (Fsp3) is 0.500. The molecule has 1 atom stereocenters. The Kier molecular flexibility index (Phi) is 5.86. The Morgan fingerprint density at radius 1 is 1.24 bits per heavy atom. The van der Waals surface area contributed by atoms with E-state index in [1.54, 1.807) is 12.1 Å². The van der Waals surface area contributed by atoms with Crippen LogP contribution >= 0.6 is 0 Å². The van der Waals surface area contributed by atoms with Crippen molar-refractivity contribution in [2.24, 2.45) is 0 Å². The molecular formula is C20H26N6O3. The Labute approximate surface area is 170 Å². The van der Waals surface area contributed by atoms with E-state index in [1.807, 2.05) is 24.4 Å². The van der Waals surface area contributed by atoms with Crippen LogP contribution in [0, 0.1) is 10.1 Å². The number of likely N-dealkylation sites (N-methyl/N-ethyl adjacent to an activating group) is 1. The van der Waals surface area contributed by atoms with E-state index in [9.17, 15) is 10.1 Å². The number of hydrogen-bond donors (Lipinski definition) is 0. The summed E-state index contributed by atoms with van der Waals surface area (Å²) in [6.45, 7) is 5.35. The van der Waals surface area contributed by atoms with Crippen LogP contribution in [0.1, 0.15) is 12.0 Å². The minimum Gasteiger partial charge on any atom is -0.378 e. The van der Waals surface area contributed by atoms with Crippen molar-refractivity contribution in [2.75, 3.05) is 56.2 Å². The van der Waals surface area contributed by atoms with Crippen molar-refractivity contribution in [1.29, 1.82) is 0 Å². The number of nitro groups is 1. The van der Waals surface area contributed by atoms with Gasteiger partial charge in [0.05, 0.1) is 18.1 Å². The molecule has 4 rings (SSSR count). The highest BCUT2D eigenvalue weighted by Crippen LogP contribution is 2.25. The first-order valence-electron chi connectivity index (χ1n) is 9.95. The number of aromatic nitrogens is 2. The molecule has 29 heavy (non-hydrogen) atoms. The lowest BCUT2D eigenvalue weighted by molar-refractivity contribution is -0.385. The second-order valence-electron chi connectivity index (χ2n) is 7.49. The third-order valence-corrected chi connectivity index (χ3v) is 5.66. The van der Waals surface area contributed by atoms with E-state index in [2.05, 4.69) is 26.7 Å². The number of hydrogen-bond acceptors (Lipinski definition) is 8. The minimum atomic E-state index is -0.303. The van der Waals surface area contributed by atoms with Gasteiger partial charge in [0.15, 0.2) is 0 Å². The van der Waals surface area contributed by atoms with Gasteiger partial charge in [-0.15, -0.1) is 0 Å². The summed E-state index contributed by atoms with van der Waals surface area (Å²) in [5.74, 6) is 1.64. The molecular weight excluding hydrogens is 372 g/mol. The summed E-state index contributed by atoms with van der Waals surface area (Å²) >= 11 is 0. The van der Waals surface area contributed by atoms with Crippen LogP contribution in [0.25, 0.3) is 0 Å². The van der Waals surface area contributed by atoms with Gasteiger partial charge in [-0.25, -0.2) is 4.98 Å². The fourth-order valence-electron chi connectivity index (χ4n) is 3.97. The minimum absolute atomic E-state index is 0.190. The number of nitrogens with zero attached hydrogens (tertiary/aromatic N) is 6. The summed E-state index contributed by atoms with van der Waals surface area (Å²) in [6, 6.07) is 9.23. The summed E-state index contributed by atoms with van der Waals surface area (Å²) in [4.78, 5) is 26.8. The first kappa shape index (κ1) is 19.5. The van der Waals surface area contributed by atoms with Crippen LogP contribution in [0.2, 0.25) is 0 Å². The van der Waals surface area contributed by atoms with Crippen molar-refractivity contribution in [1.82, 2.24) is 14.9 Å². The molecule has 0 bridgehead atoms. The van der Waals surface area contributed by atoms with Gasteiger partial charge in [0.2, 0.25) is 5.95 Å². The molecule has 2 aliphatic rings. The molecule has 2 fully saturated rings. The quantitative estimate of drug-likeness (QED) is 0.539. The number of nitro benzene ring substituents is 1. The lowest BCUT2D eigenvalue weighted by atomic mass is 10.1. The van der Waals surface area contributed by atoms with Crippen molar-refractivity contribution in [3.63, 3.8) is 0 Å². The molecule has 0 aliphatic carbocycles. The number of ether oxygens (including phenoxy) is 1. The highest BCUT2D eigenvalue weighted by Gasteiger charge is 2.28. The lowest BCUT2D eigenvalue weighted by Gasteiger charge is -2.29. The molecule has 0 amide bonds. The molecule has 1 aromatic carbocycles. The van der Waals surface area contributed by atoms with Gasteiger partial charge in [0.25, 0.3) is 5.69 Å². The fourth-order valence-corrected chi connectivity index (χ4v) is 3.97. The Morgan fingerprint density at radius 2 is 2.03 bits per heavy atom. The second kappa shape index (κ2) is 8.71. The number of rotatable bonds is 6. The number of para-hydroxylation sites is 1. The monoisotopic (exact) mass is 398 g/mol. The number of likely N-dealkylation sites (tertiary alicyclic amines) is 1. The van der Waals surface area contributed by atoms with Crippen LogP contribution in [-0.2, 0) is 11.3 Å². The van der Waals surface area contributed by atoms with E-state index in [-0.39, 0.29) is 10.6 Å². The zero-order valence-corrected chi connectivity index (χ0v) is 16.6. The highest BCUT2D eigenvalue weighted by atomic mass is 16.6. The predicted octanol–water partition coefficient (Wildman–Crippen LogP) is 1.93. The van der Waals surface area contributed by atoms with Crippen molar-refractivity contribution in [2.45, 2.75) is 19.0 Å². The third kappa shape index (κ3) is 4.46. The van der Waals surface area contributed by atoms with Gasteiger partial charge in [0.1, 0.15) is 5.82 Å². The number of anilines is 2. The van der Waals surface area contributed by atoms with Crippen LogP contribution in [0.3, 0.4) is 0 Å². The molecule has 0 N–H and O–H groups in total. The summed E-state index contributed by atoms with van der Waals surface area (Å²) in [7, 11) is 2.06. The molecule has 2 aromatic rings. The second-order valence-corrected chi connectivity index (χ2v) is 7.49. The highest BCUT2D eigenvalue weighted by molar-refractivity contribution is 5.45. The molecule has 154 valence electrons. The number of benzene rings is 1. The molecule has 0 saturated carbocycles. The lowest BCUT2D eigenvalue weighted by Crippen LogP contribution is -2.38. The molecule has 1 unspecified atom stereocenters. The molecule has 9 heteroatoms. The Bertz CT molecular complexity index is 858. The average Bonchev–Trinajstić information content (AvgIpc) is 3.22. The van der Waals surface area contributed by atoms with Crippen molar-refractivity contribution in [3.8, 4) is 0 Å². The molecule has 9 nitrogen and oxygen atoms in total. The largest absolute Gasteiger partial charge is 0.378 e. The standard InChI is InChI=1S/C20H26N6O3/c1-23(19-6-8-21-20(22-19)25-10-12-29-13-11-25)17-7-9-24(15-17)14-16-4-2-3-5-18(16)26(27)28/h2-6,8,17H,7,9-15H2,1H3. The van der Waals surface area contributed by atoms with Gasteiger partial charge in [0, 0.05) is 63.6 Å². The summed E-state index contributed by atoms with van der Waals surface area (Å²) in [5, 5.41) is 11.3. The average molecular weight is 398 g/mol. The summed E-state index contributed by atoms with van der Waals surface area (Å²) in [6.07, 6.45) is 2.80. The number of morpholine rings is 1. The van der Waals surface area contributed by atoms with E-state index in [0.29, 0.717) is 25.8 Å². The van der Waals surface area contributed by atoms with Gasteiger partial charge in [-0.2, -0.15) is 4.98 Å². The SMILES string of the molecule is CN(c1ccnc(N2CCOCC2)n1)C1CCN(Cc2ccccc2[N+](=O)[O-])C1. The van der Waals surface area contributed by atoms with E-state index in [1.165, 1.54) is 0 Å². The molecule has 0 radical (unpaired) electrons. The zero-order chi connectivity index (χ0) is 20.2. The smallest absolute Gasteiger partial charge is 0.273 e. The molecule has 3 heterocycles. The van der Waals surface area contributed by atoms with Crippen molar-refractivity contribution < 1.29 is 9.66 Å². The maximum atomic E-state index is 11.3. The van der Waals surface area contributed by atoms with Gasteiger partial charge in [-0.3, -0.25) is 15.0 Å². The van der Waals surface area contributed by atoms with Crippen LogP contribution in [0.4, 0.5) is 17.5 Å². The predicted molar refractivity (Wildman–Crippen MR) is 110 cm³/mol. The Balaban J connectivity index is 1.41. The molecule has 1 aromatic heterocycles. The Morgan fingerprint density at radius 3 is 2.83 bits per heavy atom. The summed E-state index contributed by atoms with van der Waals surface area (Å²) < 4.78 is 5.41. The van der Waals surface area contributed by atoms with Gasteiger partial charge in [-0.1, -0.05) is 18.2 Å². The van der Waals surface area contributed by atoms with Crippen LogP contribution in [0.15, 0.2) is 36.5 Å². The maximum Gasteiger partial charge on any atom is 0.273 e. The van der Waals surface area contributed by atoms with Gasteiger partial charge < -0.3 is 14.5 Å². The normalized spacial score (nSPS) is 20.0. The van der Waals surface area contributed by atoms with Crippen molar-refractivity contribution in [3.05, 3.63) is 52.2 Å². The molecule has 0 spiro atoms. The first-order valence-corrected chi connectivity index (χ1v) is 9.95. The van der Waals surface area contributed by atoms with Gasteiger partial charge >= 0.3 is 0 Å². The van der Waals surface area contributed by atoms with E-state index < -0.39 is 0 Å². The Hall–Kier alpha value is -2.78. The van der Waals surface area contributed by atoms with Crippen molar-refractivity contribution >= 4 is 17.5 Å².